The minimum absolute atomic E-state index is 0.101. The fraction of sp³-hybridized carbons (Fsp3) is 0.500. The predicted molar refractivity (Wildman–Crippen MR) is 76.8 cm³/mol. The van der Waals surface area contributed by atoms with Crippen molar-refractivity contribution in [3.63, 3.8) is 0 Å². The molecule has 0 bridgehead atoms. The lowest BCUT2D eigenvalue weighted by atomic mass is 10.1. The van der Waals surface area contributed by atoms with Gasteiger partial charge in [-0.15, -0.1) is 0 Å². The van der Waals surface area contributed by atoms with Gasteiger partial charge in [0, 0.05) is 31.3 Å². The van der Waals surface area contributed by atoms with Gasteiger partial charge in [0.2, 0.25) is 5.91 Å². The number of hydrogen-bond donors (Lipinski definition) is 3. The zero-order chi connectivity index (χ0) is 13.7. The zero-order valence-corrected chi connectivity index (χ0v) is 11.5. The minimum atomic E-state index is -0.101. The number of methoxy groups -OCH3 is 1. The van der Waals surface area contributed by atoms with Crippen LogP contribution in [0, 0.1) is 0 Å². The molecular formula is C14H21N3O2. The lowest BCUT2D eigenvalue weighted by Gasteiger charge is -2.25. The van der Waals surface area contributed by atoms with Gasteiger partial charge in [0.25, 0.3) is 0 Å². The van der Waals surface area contributed by atoms with Crippen molar-refractivity contribution in [3.05, 3.63) is 18.2 Å². The molecule has 5 nitrogen and oxygen atoms in total. The van der Waals surface area contributed by atoms with Gasteiger partial charge in [-0.1, -0.05) is 0 Å². The van der Waals surface area contributed by atoms with Crippen LogP contribution in [0.25, 0.3) is 0 Å². The number of benzene rings is 1. The van der Waals surface area contributed by atoms with Crippen LogP contribution in [0.1, 0.15) is 19.8 Å². The Balaban J connectivity index is 2.07. The van der Waals surface area contributed by atoms with Crippen LogP contribution in [0.15, 0.2) is 18.2 Å². The number of nitrogens with one attached hydrogen (secondary N) is 3. The van der Waals surface area contributed by atoms with Crippen molar-refractivity contribution in [2.45, 2.75) is 25.8 Å². The molecule has 0 aliphatic carbocycles. The molecule has 0 spiro atoms. The van der Waals surface area contributed by atoms with Crippen LogP contribution >= 0.6 is 0 Å². The van der Waals surface area contributed by atoms with Crippen molar-refractivity contribution in [1.29, 1.82) is 0 Å². The first kappa shape index (κ1) is 13.7. The van der Waals surface area contributed by atoms with Gasteiger partial charge in [0.15, 0.2) is 0 Å². The Bertz CT molecular complexity index is 442. The Kier molecular flexibility index (Phi) is 4.63. The third kappa shape index (κ3) is 3.86. The molecule has 1 aliphatic rings. The molecule has 2 rings (SSSR count). The summed E-state index contributed by atoms with van der Waals surface area (Å²) in [5, 5.41) is 9.60. The molecule has 1 amide bonds. The van der Waals surface area contributed by atoms with Gasteiger partial charge >= 0.3 is 0 Å². The lowest BCUT2D eigenvalue weighted by molar-refractivity contribution is -0.114. The normalized spacial score (nSPS) is 18.7. The highest BCUT2D eigenvalue weighted by molar-refractivity contribution is 5.90. The topological polar surface area (TPSA) is 62.4 Å². The fourth-order valence-electron chi connectivity index (χ4n) is 2.28. The molecule has 0 aromatic heterocycles. The number of anilines is 2. The van der Waals surface area contributed by atoms with E-state index in [4.69, 9.17) is 4.74 Å². The molecule has 1 aliphatic heterocycles. The predicted octanol–water partition coefficient (Wildman–Crippen LogP) is 1.82. The molecular weight excluding hydrogens is 242 g/mol. The first-order valence-electron chi connectivity index (χ1n) is 6.62. The minimum Gasteiger partial charge on any atom is -0.494 e. The fourth-order valence-corrected chi connectivity index (χ4v) is 2.28. The van der Waals surface area contributed by atoms with Gasteiger partial charge in [-0.2, -0.15) is 0 Å². The third-order valence-electron chi connectivity index (χ3n) is 3.18. The molecule has 5 heteroatoms. The van der Waals surface area contributed by atoms with E-state index in [0.29, 0.717) is 17.5 Å². The average Bonchev–Trinajstić information content (AvgIpc) is 2.41. The van der Waals surface area contributed by atoms with E-state index in [0.717, 1.165) is 18.8 Å². The summed E-state index contributed by atoms with van der Waals surface area (Å²) in [5.41, 5.74) is 1.71. The Morgan fingerprint density at radius 1 is 1.47 bits per heavy atom. The van der Waals surface area contributed by atoms with E-state index in [-0.39, 0.29) is 5.91 Å². The van der Waals surface area contributed by atoms with Crippen LogP contribution in [0.5, 0.6) is 5.75 Å². The molecule has 1 fully saturated rings. The Labute approximate surface area is 113 Å². The summed E-state index contributed by atoms with van der Waals surface area (Å²) < 4.78 is 5.31. The molecule has 1 saturated heterocycles. The van der Waals surface area contributed by atoms with Crippen LogP contribution in [-0.4, -0.2) is 32.1 Å². The van der Waals surface area contributed by atoms with Gasteiger partial charge in [-0.25, -0.2) is 0 Å². The number of carbonyl (C=O) groups is 1. The van der Waals surface area contributed by atoms with Crippen LogP contribution in [0.4, 0.5) is 11.4 Å². The van der Waals surface area contributed by atoms with Gasteiger partial charge in [0.05, 0.1) is 12.8 Å². The van der Waals surface area contributed by atoms with Crippen LogP contribution in [0.3, 0.4) is 0 Å². The highest BCUT2D eigenvalue weighted by Gasteiger charge is 2.13. The van der Waals surface area contributed by atoms with E-state index in [1.54, 1.807) is 7.11 Å². The van der Waals surface area contributed by atoms with Crippen LogP contribution in [-0.2, 0) is 4.79 Å². The Morgan fingerprint density at radius 2 is 2.32 bits per heavy atom. The number of ether oxygens (including phenoxy) is 1. The molecule has 19 heavy (non-hydrogen) atoms. The van der Waals surface area contributed by atoms with Gasteiger partial charge < -0.3 is 20.7 Å². The second kappa shape index (κ2) is 6.43. The SMILES string of the molecule is COc1cc(NC2CCCNC2)ccc1NC(C)=O. The highest BCUT2D eigenvalue weighted by Crippen LogP contribution is 2.28. The maximum Gasteiger partial charge on any atom is 0.221 e. The summed E-state index contributed by atoms with van der Waals surface area (Å²) in [6.07, 6.45) is 2.36. The van der Waals surface area contributed by atoms with Gasteiger partial charge in [0.1, 0.15) is 5.75 Å². The molecule has 0 radical (unpaired) electrons. The van der Waals surface area contributed by atoms with Crippen molar-refractivity contribution in [2.75, 3.05) is 30.8 Å². The second-order valence-electron chi connectivity index (χ2n) is 4.78. The van der Waals surface area contributed by atoms with E-state index in [1.165, 1.54) is 19.8 Å². The quantitative estimate of drug-likeness (QED) is 0.775. The Morgan fingerprint density at radius 3 is 2.95 bits per heavy atom. The number of piperidine rings is 1. The van der Waals surface area contributed by atoms with Crippen molar-refractivity contribution >= 4 is 17.3 Å². The maximum absolute atomic E-state index is 11.1. The zero-order valence-electron chi connectivity index (χ0n) is 11.5. The van der Waals surface area contributed by atoms with E-state index in [1.807, 2.05) is 18.2 Å². The van der Waals surface area contributed by atoms with Crippen LogP contribution < -0.4 is 20.7 Å². The first-order valence-corrected chi connectivity index (χ1v) is 6.62. The molecule has 1 aromatic rings. The monoisotopic (exact) mass is 263 g/mol. The largest absolute Gasteiger partial charge is 0.494 e. The van der Waals surface area contributed by atoms with Crippen molar-refractivity contribution < 1.29 is 9.53 Å². The van der Waals surface area contributed by atoms with Crippen molar-refractivity contribution in [1.82, 2.24) is 5.32 Å². The third-order valence-corrected chi connectivity index (χ3v) is 3.18. The van der Waals surface area contributed by atoms with Crippen molar-refractivity contribution in [2.24, 2.45) is 0 Å². The summed E-state index contributed by atoms with van der Waals surface area (Å²) >= 11 is 0. The number of rotatable bonds is 4. The van der Waals surface area contributed by atoms with E-state index in [2.05, 4.69) is 16.0 Å². The molecule has 104 valence electrons. The van der Waals surface area contributed by atoms with Gasteiger partial charge in [-0.05, 0) is 31.5 Å². The number of amides is 1. The maximum atomic E-state index is 11.1. The summed E-state index contributed by atoms with van der Waals surface area (Å²) in [7, 11) is 1.60. The summed E-state index contributed by atoms with van der Waals surface area (Å²) in [6, 6.07) is 6.19. The van der Waals surface area contributed by atoms with E-state index in [9.17, 15) is 4.79 Å². The smallest absolute Gasteiger partial charge is 0.221 e. The molecule has 1 aromatic carbocycles. The van der Waals surface area contributed by atoms with Crippen LogP contribution in [0.2, 0.25) is 0 Å². The highest BCUT2D eigenvalue weighted by atomic mass is 16.5. The first-order chi connectivity index (χ1) is 9.19. The summed E-state index contributed by atoms with van der Waals surface area (Å²) in [5.74, 6) is 0.569. The molecule has 0 saturated carbocycles. The van der Waals surface area contributed by atoms with Crippen molar-refractivity contribution in [3.8, 4) is 5.75 Å². The lowest BCUT2D eigenvalue weighted by Crippen LogP contribution is -2.38. The average molecular weight is 263 g/mol. The van der Waals surface area contributed by atoms with Gasteiger partial charge in [-0.3, -0.25) is 4.79 Å². The summed E-state index contributed by atoms with van der Waals surface area (Å²) in [6.45, 7) is 3.57. The number of carbonyl (C=O) groups excluding carboxylic acids is 1. The van der Waals surface area contributed by atoms with E-state index < -0.39 is 0 Å². The van der Waals surface area contributed by atoms with E-state index >= 15 is 0 Å². The second-order valence-corrected chi connectivity index (χ2v) is 4.78. The number of hydrogen-bond acceptors (Lipinski definition) is 4. The standard InChI is InChI=1S/C14H21N3O2/c1-10(18)16-13-6-5-11(8-14(13)19-2)17-12-4-3-7-15-9-12/h5-6,8,12,15,17H,3-4,7,9H2,1-2H3,(H,16,18). The Hall–Kier alpha value is -1.75. The molecule has 3 N–H and O–H groups in total. The molecule has 1 unspecified atom stereocenters. The molecule has 1 heterocycles. The summed E-state index contributed by atoms with van der Waals surface area (Å²) in [4.78, 5) is 11.1. The molecule has 1 atom stereocenters.